The number of aromatic nitrogens is 1. The summed E-state index contributed by atoms with van der Waals surface area (Å²) in [6, 6.07) is 24.8. The Morgan fingerprint density at radius 1 is 0.874 bits per heavy atom. The number of anilines is 1. The standard InChI is InChI=1S/C63H77N7O14S3/c1-7-67(8-2)43-28-30-47-54(37-43)84-55-38-44(68(9-3)10-4)29-31-48(55)61(47)45-21-15-16-22-46(45)63(75)69-34-19-23-51(69)62(74)66-50(41-87(78,79)80)53(71)24-13-11-12-14-25-58(72)64-33-35-82-57-40-52(70(76)77)49(39-56(57)81-6)42(5)83-60(73)27-20-36-85-86-59-26-17-18-32-65-59/h15-18,21-22,26,28-32,37-40,42,50-51H,7-14,19-20,23-25,27,33-36,41H2,1-6H3,(H2-,64,66,72,74,78,79,80). The number of Topliss-reactive ketones (excluding diaryl/α,β-unsaturated/α-hetero) is 1. The van der Waals surface area contributed by atoms with Gasteiger partial charge in [-0.05, 0) is 126 Å². The summed E-state index contributed by atoms with van der Waals surface area (Å²) in [6.07, 6.45) is 3.82. The number of fused-ring (bicyclic) bond motifs is 2. The van der Waals surface area contributed by atoms with E-state index in [0.29, 0.717) is 60.3 Å². The van der Waals surface area contributed by atoms with Gasteiger partial charge in [0.05, 0.1) is 52.1 Å². The molecule has 3 aliphatic rings. The molecule has 0 saturated carbocycles. The number of rotatable bonds is 33. The van der Waals surface area contributed by atoms with Crippen molar-refractivity contribution in [2.75, 3.05) is 69.4 Å². The number of nitrogens with zero attached hydrogens (tertiary/aromatic N) is 5. The van der Waals surface area contributed by atoms with Gasteiger partial charge in [0.25, 0.3) is 11.6 Å². The number of ether oxygens (including phenoxy) is 3. The van der Waals surface area contributed by atoms with E-state index in [0.717, 1.165) is 58.8 Å². The van der Waals surface area contributed by atoms with Crippen LogP contribution in [-0.2, 0) is 34.0 Å². The third-order valence-electron chi connectivity index (χ3n) is 15.2. The first-order valence-corrected chi connectivity index (χ1v) is 33.4. The van der Waals surface area contributed by atoms with E-state index >= 15 is 0 Å². The van der Waals surface area contributed by atoms with Gasteiger partial charge >= 0.3 is 5.97 Å². The molecular formula is C63H77N7O14S3. The molecule has 1 aliphatic carbocycles. The van der Waals surface area contributed by atoms with Gasteiger partial charge in [0.1, 0.15) is 54.3 Å². The molecule has 3 heterocycles. The van der Waals surface area contributed by atoms with E-state index in [-0.39, 0.29) is 80.5 Å². The Morgan fingerprint density at radius 2 is 1.62 bits per heavy atom. The third-order valence-corrected chi connectivity index (χ3v) is 18.3. The van der Waals surface area contributed by atoms with Crippen molar-refractivity contribution in [1.29, 1.82) is 0 Å². The van der Waals surface area contributed by atoms with Gasteiger partial charge in [-0.25, -0.2) is 18.0 Å². The number of nitro benzene ring substituents is 1. The lowest BCUT2D eigenvalue weighted by Crippen LogP contribution is -2.52. The molecule has 3 unspecified atom stereocenters. The summed E-state index contributed by atoms with van der Waals surface area (Å²) in [4.78, 5) is 87.5. The van der Waals surface area contributed by atoms with Crippen LogP contribution < -0.4 is 34.9 Å². The molecule has 87 heavy (non-hydrogen) atoms. The molecule has 1 fully saturated rings. The largest absolute Gasteiger partial charge is 0.748 e. The summed E-state index contributed by atoms with van der Waals surface area (Å²) in [7, 11) is -0.564. The van der Waals surface area contributed by atoms with E-state index in [1.54, 1.807) is 29.1 Å². The number of carbonyl (C=O) groups excluding carboxylic acids is 5. The van der Waals surface area contributed by atoms with Crippen molar-refractivity contribution in [1.82, 2.24) is 25.1 Å². The van der Waals surface area contributed by atoms with Gasteiger partial charge in [-0.15, -0.1) is 0 Å². The Morgan fingerprint density at radius 3 is 2.32 bits per heavy atom. The van der Waals surface area contributed by atoms with Crippen LogP contribution in [0.2, 0.25) is 0 Å². The third kappa shape index (κ3) is 18.3. The van der Waals surface area contributed by atoms with Crippen molar-refractivity contribution in [3.8, 4) is 33.9 Å². The summed E-state index contributed by atoms with van der Waals surface area (Å²) in [5.74, 6) is -2.25. The van der Waals surface area contributed by atoms with Crippen molar-refractivity contribution in [2.45, 2.75) is 122 Å². The average Bonchev–Trinajstić information content (AvgIpc) is 1.24. The summed E-state index contributed by atoms with van der Waals surface area (Å²) in [6.45, 7) is 13.3. The number of carbonyl (C=O) groups is 5. The van der Waals surface area contributed by atoms with E-state index < -0.39 is 62.5 Å². The maximum absolute atomic E-state index is 14.9. The lowest BCUT2D eigenvalue weighted by atomic mass is 9.90. The van der Waals surface area contributed by atoms with Gasteiger partial charge in [-0.1, -0.05) is 47.9 Å². The number of likely N-dealkylation sites (tertiary alicyclic amines) is 1. The van der Waals surface area contributed by atoms with Gasteiger partial charge in [0.15, 0.2) is 17.3 Å². The first kappa shape index (κ1) is 67.0. The molecule has 3 aromatic carbocycles. The van der Waals surface area contributed by atoms with Crippen molar-refractivity contribution in [2.24, 2.45) is 0 Å². The van der Waals surface area contributed by atoms with Crippen molar-refractivity contribution < 1.29 is 60.5 Å². The first-order valence-electron chi connectivity index (χ1n) is 29.5. The van der Waals surface area contributed by atoms with Gasteiger partial charge in [-0.3, -0.25) is 34.1 Å². The second kappa shape index (κ2) is 32.4. The van der Waals surface area contributed by atoms with Crippen molar-refractivity contribution in [3.05, 3.63) is 124 Å². The zero-order valence-corrected chi connectivity index (χ0v) is 52.5. The van der Waals surface area contributed by atoms with Crippen LogP contribution in [-0.4, -0.2) is 134 Å². The van der Waals surface area contributed by atoms with E-state index in [4.69, 9.17) is 18.6 Å². The average molecular weight is 1250 g/mol. The molecule has 3 amide bonds. The number of hydrogen-bond donors (Lipinski definition) is 2. The first-order chi connectivity index (χ1) is 41.9. The maximum Gasteiger partial charge on any atom is 0.306 e. The van der Waals surface area contributed by atoms with Crippen molar-refractivity contribution in [3.63, 3.8) is 0 Å². The number of ketones is 1. The normalized spacial score (nSPS) is 13.9. The highest BCUT2D eigenvalue weighted by molar-refractivity contribution is 8.76. The van der Waals surface area contributed by atoms with E-state index in [9.17, 15) is 47.1 Å². The monoisotopic (exact) mass is 1250 g/mol. The second-order valence-corrected chi connectivity index (χ2v) is 24.8. The molecule has 4 aromatic rings. The molecule has 466 valence electrons. The van der Waals surface area contributed by atoms with Gasteiger partial charge in [0.2, 0.25) is 17.2 Å². The predicted molar refractivity (Wildman–Crippen MR) is 336 cm³/mol. The minimum atomic E-state index is -4.99. The van der Waals surface area contributed by atoms with Crippen LogP contribution in [0.5, 0.6) is 11.5 Å². The summed E-state index contributed by atoms with van der Waals surface area (Å²) >= 11 is 0. The number of hydrogen-bond acceptors (Lipinski definition) is 18. The summed E-state index contributed by atoms with van der Waals surface area (Å²) in [5, 5.41) is 20.1. The molecule has 7 rings (SSSR count). The van der Waals surface area contributed by atoms with Gasteiger partial charge in [0, 0.05) is 90.7 Å². The Labute approximate surface area is 515 Å². The van der Waals surface area contributed by atoms with Crippen LogP contribution in [0.15, 0.2) is 107 Å². The maximum atomic E-state index is 14.9. The molecule has 1 saturated heterocycles. The molecule has 0 radical (unpaired) electrons. The molecule has 2 N–H and O–H groups in total. The van der Waals surface area contributed by atoms with E-state index in [2.05, 4.69) is 52.8 Å². The Balaban J connectivity index is 0.901. The molecule has 0 bridgehead atoms. The van der Waals surface area contributed by atoms with Gasteiger partial charge < -0.3 is 43.6 Å². The quantitative estimate of drug-likeness (QED) is 0.00567. The van der Waals surface area contributed by atoms with Crippen LogP contribution >= 0.6 is 21.6 Å². The zero-order chi connectivity index (χ0) is 62.6. The van der Waals surface area contributed by atoms with Gasteiger partial charge in [-0.2, -0.15) is 0 Å². The minimum Gasteiger partial charge on any atom is -0.748 e. The fourth-order valence-corrected chi connectivity index (χ4v) is 13.4. The highest BCUT2D eigenvalue weighted by Gasteiger charge is 2.38. The van der Waals surface area contributed by atoms with E-state index in [1.165, 1.54) is 41.9 Å². The molecule has 3 atom stereocenters. The molecule has 0 spiro atoms. The fourth-order valence-electron chi connectivity index (χ4n) is 10.7. The summed E-state index contributed by atoms with van der Waals surface area (Å²) in [5.41, 5.74) is 3.94. The minimum absolute atomic E-state index is 0.0540. The smallest absolute Gasteiger partial charge is 0.306 e. The van der Waals surface area contributed by atoms with Crippen LogP contribution in [0.25, 0.3) is 33.4 Å². The summed E-state index contributed by atoms with van der Waals surface area (Å²) < 4.78 is 62.1. The topological polar surface area (TPSA) is 273 Å². The Bertz CT molecular complexity index is 3540. The molecule has 24 heteroatoms. The number of methoxy groups -OCH3 is 1. The lowest BCUT2D eigenvalue weighted by Gasteiger charge is -2.28. The Hall–Kier alpha value is -7.54. The second-order valence-electron chi connectivity index (χ2n) is 20.9. The van der Waals surface area contributed by atoms with Crippen LogP contribution in [0.4, 0.5) is 11.4 Å². The zero-order valence-electron chi connectivity index (χ0n) is 50.1. The Kier molecular flexibility index (Phi) is 25.0. The number of unbranched alkanes of at least 4 members (excludes halogenated alkanes) is 3. The SMILES string of the molecule is CCN(CC)c1ccc2c(-c3ccccc3C(=O)N3CCCC3C(=O)NC(CS(=O)(=O)[O-])C(=O)CCCCCCC(=O)NCCOc3cc([N+](=O)[O-])c(C(C)OC(=O)CCCSSc4ccccn4)cc3OC)c3ccc(=[N+](CC)CC)cc-3oc2c1. The number of amides is 3. The number of esters is 1. The molecule has 21 nitrogen and oxygen atoms in total. The molecular weight excluding hydrogens is 1170 g/mol. The predicted octanol–water partition coefficient (Wildman–Crippen LogP) is 9.74. The van der Waals surface area contributed by atoms with Crippen LogP contribution in [0.3, 0.4) is 0 Å². The fraction of sp³-hybridized carbons (Fsp3) is 0.444. The lowest BCUT2D eigenvalue weighted by molar-refractivity contribution is -0.386. The number of pyridine rings is 1. The van der Waals surface area contributed by atoms with Crippen molar-refractivity contribution >= 4 is 83.5 Å². The highest BCUT2D eigenvalue weighted by atomic mass is 33.1. The number of nitro groups is 1. The van der Waals surface area contributed by atoms with Crippen LogP contribution in [0.1, 0.15) is 121 Å². The number of nitrogens with one attached hydrogen (secondary N) is 2. The molecule has 2 aliphatic heterocycles. The van der Waals surface area contributed by atoms with E-state index in [1.807, 2.05) is 66.7 Å². The molecule has 1 aromatic heterocycles. The number of benzene rings is 4. The highest BCUT2D eigenvalue weighted by Crippen LogP contribution is 2.43. The van der Waals surface area contributed by atoms with Crippen LogP contribution in [0, 0.1) is 10.1 Å².